The number of aromatic nitrogens is 1. The van der Waals surface area contributed by atoms with E-state index in [9.17, 15) is 4.79 Å². The fourth-order valence-electron chi connectivity index (χ4n) is 1.95. The average Bonchev–Trinajstić information content (AvgIpc) is 2.54. The van der Waals surface area contributed by atoms with Crippen LogP contribution in [0.5, 0.6) is 0 Å². The van der Waals surface area contributed by atoms with Gasteiger partial charge >= 0.3 is 0 Å². The third-order valence-electron chi connectivity index (χ3n) is 2.69. The van der Waals surface area contributed by atoms with Crippen LogP contribution in [0.1, 0.15) is 5.56 Å². The van der Waals surface area contributed by atoms with E-state index < -0.39 is 5.91 Å². The molecule has 0 saturated heterocycles. The van der Waals surface area contributed by atoms with Crippen molar-refractivity contribution in [2.75, 3.05) is 5.43 Å². The molecule has 1 aromatic rings. The number of nitrogens with one attached hydrogen (secondary N) is 1. The highest BCUT2D eigenvalue weighted by atomic mass is 16.1. The number of allylic oxidation sites excluding steroid dienone is 2. The molecule has 3 N–H and O–H groups in total. The predicted octanol–water partition coefficient (Wildman–Crippen LogP) is 1.00. The monoisotopic (exact) mass is 226 g/mol. The van der Waals surface area contributed by atoms with Gasteiger partial charge in [0.1, 0.15) is 0 Å². The van der Waals surface area contributed by atoms with Crippen LogP contribution in [0.15, 0.2) is 48.5 Å². The smallest absolute Gasteiger partial charge is 0.250 e. The summed E-state index contributed by atoms with van der Waals surface area (Å²) in [5, 5.41) is 1.77. The van der Waals surface area contributed by atoms with Crippen LogP contribution < -0.4 is 11.2 Å². The first-order valence-corrected chi connectivity index (χ1v) is 5.16. The van der Waals surface area contributed by atoms with Gasteiger partial charge in [-0.25, -0.2) is 0 Å². The number of pyridine rings is 1. The first-order valence-electron chi connectivity index (χ1n) is 5.16. The molecule has 0 bridgehead atoms. The van der Waals surface area contributed by atoms with Gasteiger partial charge in [0.2, 0.25) is 0 Å². The van der Waals surface area contributed by atoms with Gasteiger partial charge in [-0.3, -0.25) is 20.2 Å². The maximum atomic E-state index is 11.5. The lowest BCUT2D eigenvalue weighted by Crippen LogP contribution is -2.20. The van der Waals surface area contributed by atoms with Crippen LogP contribution >= 0.6 is 0 Å². The molecule has 0 saturated carbocycles. The lowest BCUT2D eigenvalue weighted by Gasteiger charge is -2.15. The van der Waals surface area contributed by atoms with Crippen molar-refractivity contribution in [1.29, 1.82) is 0 Å². The van der Waals surface area contributed by atoms with E-state index >= 15 is 0 Å². The molecule has 0 radical (unpaired) electrons. The summed E-state index contributed by atoms with van der Waals surface area (Å²) in [7, 11) is 0. The maximum Gasteiger partial charge on any atom is 0.250 e. The Labute approximate surface area is 97.9 Å². The second-order valence-corrected chi connectivity index (χ2v) is 3.73. The molecule has 2 aliphatic rings. The number of hydrogen-bond acceptors (Lipinski definition) is 4. The Bertz CT molecular complexity index is 586. The Morgan fingerprint density at radius 1 is 1.41 bits per heavy atom. The van der Waals surface area contributed by atoms with Gasteiger partial charge in [0.15, 0.2) is 0 Å². The van der Waals surface area contributed by atoms with E-state index in [2.05, 4.69) is 10.4 Å². The standard InChI is InChI=1S/C12H10N4O/c13-12(17)8-3-1-2-6-16-11(8)9-7-14-5-4-10(9)15-16/h1-7,15H,(H2,13,17). The van der Waals surface area contributed by atoms with Crippen molar-refractivity contribution in [3.63, 3.8) is 0 Å². The number of hydrazine groups is 1. The molecule has 1 aromatic heterocycles. The van der Waals surface area contributed by atoms with Crippen LogP contribution in [0.3, 0.4) is 0 Å². The Balaban J connectivity index is 2.27. The quantitative estimate of drug-likeness (QED) is 0.749. The first-order chi connectivity index (χ1) is 8.27. The van der Waals surface area contributed by atoms with E-state index in [1.807, 2.05) is 18.3 Å². The van der Waals surface area contributed by atoms with E-state index in [1.54, 1.807) is 29.6 Å². The summed E-state index contributed by atoms with van der Waals surface area (Å²) in [4.78, 5) is 15.5. The van der Waals surface area contributed by atoms with Crippen LogP contribution in [0, 0.1) is 0 Å². The van der Waals surface area contributed by atoms with Crippen molar-refractivity contribution in [2.45, 2.75) is 0 Å². The van der Waals surface area contributed by atoms with Crippen molar-refractivity contribution in [2.24, 2.45) is 5.73 Å². The normalized spacial score (nSPS) is 16.4. The van der Waals surface area contributed by atoms with Gasteiger partial charge < -0.3 is 5.73 Å². The summed E-state index contributed by atoms with van der Waals surface area (Å²) in [6.07, 6.45) is 10.6. The third kappa shape index (κ3) is 1.40. The fourth-order valence-corrected chi connectivity index (χ4v) is 1.95. The van der Waals surface area contributed by atoms with Gasteiger partial charge in [0, 0.05) is 24.2 Å². The minimum absolute atomic E-state index is 0.455. The molecule has 0 aliphatic carbocycles. The SMILES string of the molecule is NC(=O)C1=C2c3cnccc3NN2C=CC=C1. The number of rotatable bonds is 1. The van der Waals surface area contributed by atoms with Crippen LogP contribution in [0.2, 0.25) is 0 Å². The van der Waals surface area contributed by atoms with Gasteiger partial charge in [-0.15, -0.1) is 0 Å². The molecular weight excluding hydrogens is 216 g/mol. The lowest BCUT2D eigenvalue weighted by molar-refractivity contribution is -0.114. The zero-order valence-electron chi connectivity index (χ0n) is 8.92. The summed E-state index contributed by atoms with van der Waals surface area (Å²) in [5.74, 6) is -0.455. The largest absolute Gasteiger partial charge is 0.366 e. The van der Waals surface area contributed by atoms with Gasteiger partial charge in [-0.1, -0.05) is 6.08 Å². The molecule has 0 unspecified atom stereocenters. The van der Waals surface area contributed by atoms with Crippen LogP contribution in [0.25, 0.3) is 5.70 Å². The second-order valence-electron chi connectivity index (χ2n) is 3.73. The maximum absolute atomic E-state index is 11.5. The van der Waals surface area contributed by atoms with E-state index in [-0.39, 0.29) is 0 Å². The fraction of sp³-hybridized carbons (Fsp3) is 0. The molecule has 5 nitrogen and oxygen atoms in total. The molecule has 3 heterocycles. The molecule has 3 rings (SSSR count). The highest BCUT2D eigenvalue weighted by molar-refractivity contribution is 6.05. The lowest BCUT2D eigenvalue weighted by atomic mass is 10.1. The third-order valence-corrected chi connectivity index (χ3v) is 2.69. The van der Waals surface area contributed by atoms with Crippen molar-refractivity contribution < 1.29 is 4.79 Å². The molecule has 84 valence electrons. The Morgan fingerprint density at radius 3 is 3.12 bits per heavy atom. The summed E-state index contributed by atoms with van der Waals surface area (Å²) in [6, 6.07) is 1.85. The topological polar surface area (TPSA) is 71.2 Å². The molecule has 5 heteroatoms. The molecule has 0 spiro atoms. The van der Waals surface area contributed by atoms with Crippen molar-refractivity contribution in [3.8, 4) is 0 Å². The number of carbonyl (C=O) groups is 1. The molecule has 17 heavy (non-hydrogen) atoms. The summed E-state index contributed by atoms with van der Waals surface area (Å²) in [6.45, 7) is 0. The number of carbonyl (C=O) groups excluding carboxylic acids is 1. The second kappa shape index (κ2) is 3.48. The zero-order chi connectivity index (χ0) is 11.8. The van der Waals surface area contributed by atoms with Crippen molar-refractivity contribution >= 4 is 17.3 Å². The van der Waals surface area contributed by atoms with Crippen LogP contribution in [0.4, 0.5) is 5.69 Å². The number of amides is 1. The van der Waals surface area contributed by atoms with Crippen molar-refractivity contribution in [3.05, 3.63) is 54.0 Å². The van der Waals surface area contributed by atoms with Gasteiger partial charge in [0.25, 0.3) is 5.91 Å². The highest BCUT2D eigenvalue weighted by Crippen LogP contribution is 2.36. The van der Waals surface area contributed by atoms with Gasteiger partial charge in [-0.2, -0.15) is 0 Å². The summed E-state index contributed by atoms with van der Waals surface area (Å²) < 4.78 is 0. The van der Waals surface area contributed by atoms with E-state index in [0.717, 1.165) is 16.9 Å². The summed E-state index contributed by atoms with van der Waals surface area (Å²) >= 11 is 0. The highest BCUT2D eigenvalue weighted by Gasteiger charge is 2.27. The average molecular weight is 226 g/mol. The Morgan fingerprint density at radius 2 is 2.29 bits per heavy atom. The summed E-state index contributed by atoms with van der Waals surface area (Å²) in [5.41, 5.74) is 11.6. The minimum atomic E-state index is -0.455. The minimum Gasteiger partial charge on any atom is -0.366 e. The number of nitrogens with two attached hydrogens (primary N) is 1. The van der Waals surface area contributed by atoms with E-state index in [4.69, 9.17) is 5.73 Å². The number of hydrogen-bond donors (Lipinski definition) is 2. The number of nitrogens with zero attached hydrogens (tertiary/aromatic N) is 2. The number of anilines is 1. The Kier molecular flexibility index (Phi) is 1.98. The number of fused-ring (bicyclic) bond motifs is 3. The number of primary amides is 1. The molecule has 0 atom stereocenters. The predicted molar refractivity (Wildman–Crippen MR) is 64.1 cm³/mol. The first kappa shape index (κ1) is 9.65. The molecule has 0 fully saturated rings. The molecular formula is C12H10N4O. The van der Waals surface area contributed by atoms with Crippen LogP contribution in [-0.2, 0) is 4.79 Å². The van der Waals surface area contributed by atoms with E-state index in [1.165, 1.54) is 0 Å². The van der Waals surface area contributed by atoms with Crippen LogP contribution in [-0.4, -0.2) is 15.9 Å². The molecule has 0 aromatic carbocycles. The van der Waals surface area contributed by atoms with E-state index in [0.29, 0.717) is 5.57 Å². The zero-order valence-corrected chi connectivity index (χ0v) is 8.92. The molecule has 2 aliphatic heterocycles. The molecule has 1 amide bonds. The van der Waals surface area contributed by atoms with Crippen molar-refractivity contribution in [1.82, 2.24) is 9.99 Å². The van der Waals surface area contributed by atoms with Gasteiger partial charge in [0.05, 0.1) is 17.0 Å². The van der Waals surface area contributed by atoms with Gasteiger partial charge in [-0.05, 0) is 18.2 Å². The Hall–Kier alpha value is -2.56.